The van der Waals surface area contributed by atoms with Crippen molar-refractivity contribution in [2.45, 2.75) is 41.6 Å². The van der Waals surface area contributed by atoms with Gasteiger partial charge in [0.2, 0.25) is 9.84 Å². The Morgan fingerprint density at radius 2 is 2.12 bits per heavy atom. The molecule has 1 aliphatic rings. The fraction of sp³-hybridized carbons (Fsp3) is 0.409. The monoisotopic (exact) mass is 475 g/mol. The number of nitrogens with one attached hydrogen (secondary N) is 1. The van der Waals surface area contributed by atoms with E-state index in [9.17, 15) is 18.3 Å². The molecule has 0 saturated heterocycles. The van der Waals surface area contributed by atoms with Crippen LogP contribution in [0.5, 0.6) is 5.75 Å². The van der Waals surface area contributed by atoms with Gasteiger partial charge in [-0.1, -0.05) is 12.1 Å². The van der Waals surface area contributed by atoms with Gasteiger partial charge in [0.15, 0.2) is 4.87 Å². The third-order valence-corrected chi connectivity index (χ3v) is 7.59. The van der Waals surface area contributed by atoms with Crippen molar-refractivity contribution in [2.24, 2.45) is 16.5 Å². The number of ether oxygens (including phenoxy) is 1. The zero-order valence-corrected chi connectivity index (χ0v) is 19.0. The zero-order chi connectivity index (χ0) is 23.9. The molecule has 178 valence electrons. The quantitative estimate of drug-likeness (QED) is 0.350. The topological polar surface area (TPSA) is 170 Å². The van der Waals surface area contributed by atoms with E-state index in [1.54, 1.807) is 12.1 Å². The van der Waals surface area contributed by atoms with Gasteiger partial charge in [-0.2, -0.15) is 0 Å². The molecule has 3 rings (SSSR count). The number of hydrogen-bond donors (Lipinski definition) is 4. The van der Waals surface area contributed by atoms with Crippen LogP contribution in [-0.4, -0.2) is 50.4 Å². The molecule has 2 heterocycles. The summed E-state index contributed by atoms with van der Waals surface area (Å²) in [6.07, 6.45) is 5.51. The summed E-state index contributed by atoms with van der Waals surface area (Å²) in [5.74, 6) is -1.26. The Morgan fingerprint density at radius 3 is 2.76 bits per heavy atom. The number of nitrogens with zero attached hydrogens (tertiary/aromatic N) is 2. The molecular weight excluding hydrogens is 446 g/mol. The highest BCUT2D eigenvalue weighted by Gasteiger charge is 2.46. The van der Waals surface area contributed by atoms with E-state index in [1.807, 2.05) is 6.21 Å². The minimum absolute atomic E-state index is 0.0732. The van der Waals surface area contributed by atoms with Gasteiger partial charge in [0.05, 0.1) is 13.0 Å². The minimum atomic E-state index is -4.42. The van der Waals surface area contributed by atoms with E-state index in [0.717, 1.165) is 18.5 Å². The molecule has 10 nitrogen and oxygen atoms in total. The van der Waals surface area contributed by atoms with Crippen molar-refractivity contribution in [3.63, 3.8) is 0 Å². The molecule has 1 aliphatic heterocycles. The Bertz CT molecular complexity index is 1090. The molecule has 2 aromatic rings. The summed E-state index contributed by atoms with van der Waals surface area (Å²) < 4.78 is 33.5. The molecule has 0 spiro atoms. The average molecular weight is 476 g/mol. The molecule has 1 aromatic heterocycles. The fourth-order valence-electron chi connectivity index (χ4n) is 3.57. The summed E-state index contributed by atoms with van der Waals surface area (Å²) in [7, 11) is -4.42. The van der Waals surface area contributed by atoms with E-state index in [0.29, 0.717) is 19.4 Å². The summed E-state index contributed by atoms with van der Waals surface area (Å²) in [5, 5.41) is 12.7. The Kier molecular flexibility index (Phi) is 8.14. The zero-order valence-electron chi connectivity index (χ0n) is 18.2. The number of sulfone groups is 1. The van der Waals surface area contributed by atoms with Crippen molar-refractivity contribution in [2.75, 3.05) is 19.7 Å². The average Bonchev–Trinajstić information content (AvgIpc) is 2.82. The summed E-state index contributed by atoms with van der Waals surface area (Å²) in [5.41, 5.74) is 12.7. The van der Waals surface area contributed by atoms with Crippen LogP contribution in [0.1, 0.15) is 43.0 Å². The number of pyridine rings is 1. The Hall–Kier alpha value is -2.86. The SMILES string of the molecule is NCCCCOc1cc(C2N=CCCN2)ccc1S(=O)(=O)C(N)(CC(=O)O)c1cccnc1. The highest BCUT2D eigenvalue weighted by Crippen LogP contribution is 2.39. The van der Waals surface area contributed by atoms with Crippen LogP contribution < -0.4 is 21.5 Å². The maximum atomic E-state index is 13.8. The molecule has 2 atom stereocenters. The van der Waals surface area contributed by atoms with Crippen LogP contribution >= 0.6 is 0 Å². The third-order valence-electron chi connectivity index (χ3n) is 5.34. The first-order chi connectivity index (χ1) is 15.8. The van der Waals surface area contributed by atoms with Crippen molar-refractivity contribution in [1.82, 2.24) is 10.3 Å². The number of aliphatic imine (C=N–C) groups is 1. The van der Waals surface area contributed by atoms with Crippen LogP contribution in [0.2, 0.25) is 0 Å². The van der Waals surface area contributed by atoms with E-state index < -0.39 is 27.1 Å². The molecule has 0 bridgehead atoms. The number of carbonyl (C=O) groups is 1. The van der Waals surface area contributed by atoms with Crippen LogP contribution in [0, 0.1) is 0 Å². The summed E-state index contributed by atoms with van der Waals surface area (Å²) in [6, 6.07) is 7.59. The molecule has 0 amide bonds. The number of unbranched alkanes of at least 4 members (excludes halogenated alkanes) is 1. The Labute approximate surface area is 193 Å². The molecule has 2 unspecified atom stereocenters. The van der Waals surface area contributed by atoms with Gasteiger partial charge in [-0.15, -0.1) is 0 Å². The number of aliphatic carboxylic acids is 1. The fourth-order valence-corrected chi connectivity index (χ4v) is 5.33. The minimum Gasteiger partial charge on any atom is -0.492 e. The second-order valence-corrected chi connectivity index (χ2v) is 9.91. The van der Waals surface area contributed by atoms with Gasteiger partial charge < -0.3 is 21.3 Å². The lowest BCUT2D eigenvalue weighted by Gasteiger charge is -2.29. The highest BCUT2D eigenvalue weighted by molar-refractivity contribution is 7.92. The molecule has 0 radical (unpaired) electrons. The van der Waals surface area contributed by atoms with Crippen LogP contribution in [0.4, 0.5) is 0 Å². The summed E-state index contributed by atoms with van der Waals surface area (Å²) in [6.45, 7) is 1.47. The maximum absolute atomic E-state index is 13.8. The first kappa shape index (κ1) is 24.8. The van der Waals surface area contributed by atoms with Gasteiger partial charge in [-0.05, 0) is 49.6 Å². The molecule has 6 N–H and O–H groups in total. The highest BCUT2D eigenvalue weighted by atomic mass is 32.2. The third kappa shape index (κ3) is 5.56. The standard InChI is InChI=1S/C22H29N5O5S/c23-8-1-2-12-32-18-13-16(21-26-10-4-11-27-21)6-7-19(18)33(30,31)22(24,14-20(28)29)17-5-3-9-25-15-17/h3,5-7,9-10,13,15,21,27H,1-2,4,8,11-12,14,23-24H2,(H,28,29). The molecule has 0 fully saturated rings. The molecule has 0 saturated carbocycles. The van der Waals surface area contributed by atoms with Crippen molar-refractivity contribution in [3.05, 3.63) is 53.9 Å². The van der Waals surface area contributed by atoms with Gasteiger partial charge in [-0.3, -0.25) is 20.1 Å². The number of aromatic nitrogens is 1. The molecule has 1 aromatic carbocycles. The van der Waals surface area contributed by atoms with Crippen LogP contribution in [0.3, 0.4) is 0 Å². The second kappa shape index (κ2) is 10.8. The summed E-state index contributed by atoms with van der Waals surface area (Å²) in [4.78, 5) is 17.5. The second-order valence-electron chi connectivity index (χ2n) is 7.73. The lowest BCUT2D eigenvalue weighted by atomic mass is 10.1. The van der Waals surface area contributed by atoms with Gasteiger partial charge in [0.25, 0.3) is 0 Å². The number of rotatable bonds is 11. The van der Waals surface area contributed by atoms with Gasteiger partial charge in [-0.25, -0.2) is 8.42 Å². The van der Waals surface area contributed by atoms with Crippen molar-refractivity contribution in [1.29, 1.82) is 0 Å². The van der Waals surface area contributed by atoms with Crippen molar-refractivity contribution in [3.8, 4) is 5.75 Å². The van der Waals surface area contributed by atoms with E-state index in [4.69, 9.17) is 16.2 Å². The van der Waals surface area contributed by atoms with Crippen molar-refractivity contribution >= 4 is 22.0 Å². The van der Waals surface area contributed by atoms with E-state index in [-0.39, 0.29) is 29.0 Å². The number of carboxylic acid groups (broad SMARTS) is 1. The van der Waals surface area contributed by atoms with Crippen LogP contribution in [0.15, 0.2) is 52.6 Å². The Balaban J connectivity index is 2.09. The lowest BCUT2D eigenvalue weighted by Crippen LogP contribution is -2.46. The molecule has 11 heteroatoms. The van der Waals surface area contributed by atoms with E-state index in [1.165, 1.54) is 30.6 Å². The number of hydrogen-bond acceptors (Lipinski definition) is 9. The Morgan fingerprint density at radius 1 is 1.30 bits per heavy atom. The normalized spacial score (nSPS) is 17.9. The number of carboxylic acids is 1. The summed E-state index contributed by atoms with van der Waals surface area (Å²) >= 11 is 0. The van der Waals surface area contributed by atoms with Gasteiger partial charge in [0.1, 0.15) is 16.8 Å². The number of nitrogens with two attached hydrogens (primary N) is 2. The molecule has 33 heavy (non-hydrogen) atoms. The van der Waals surface area contributed by atoms with Crippen LogP contribution in [0.25, 0.3) is 0 Å². The first-order valence-electron chi connectivity index (χ1n) is 10.7. The maximum Gasteiger partial charge on any atom is 0.306 e. The molecular formula is C22H29N5O5S. The predicted octanol–water partition coefficient (Wildman–Crippen LogP) is 1.32. The van der Waals surface area contributed by atoms with Crippen molar-refractivity contribution < 1.29 is 23.1 Å². The largest absolute Gasteiger partial charge is 0.492 e. The van der Waals surface area contributed by atoms with E-state index in [2.05, 4.69) is 15.3 Å². The van der Waals surface area contributed by atoms with Crippen LogP contribution in [-0.2, 0) is 19.5 Å². The van der Waals surface area contributed by atoms with Gasteiger partial charge in [0, 0.05) is 30.7 Å². The van der Waals surface area contributed by atoms with E-state index >= 15 is 0 Å². The smallest absolute Gasteiger partial charge is 0.306 e. The lowest BCUT2D eigenvalue weighted by molar-refractivity contribution is -0.137. The van der Waals surface area contributed by atoms with Gasteiger partial charge >= 0.3 is 5.97 Å². The first-order valence-corrected chi connectivity index (χ1v) is 12.2. The molecule has 0 aliphatic carbocycles. The number of benzene rings is 1. The predicted molar refractivity (Wildman–Crippen MR) is 124 cm³/mol.